The summed E-state index contributed by atoms with van der Waals surface area (Å²) >= 11 is 1.61. The minimum Gasteiger partial charge on any atom is -0.468 e. The lowest BCUT2D eigenvalue weighted by molar-refractivity contribution is -0.124. The maximum Gasteiger partial charge on any atom is 0.246 e. The van der Waals surface area contributed by atoms with Gasteiger partial charge in [-0.15, -0.1) is 0 Å². The number of hydrogen-bond acceptors (Lipinski definition) is 5. The Morgan fingerprint density at radius 1 is 1.30 bits per heavy atom. The van der Waals surface area contributed by atoms with Crippen molar-refractivity contribution in [3.8, 4) is 0 Å². The molecule has 1 atom stereocenters. The van der Waals surface area contributed by atoms with Gasteiger partial charge in [0, 0.05) is 18.8 Å². The Labute approximate surface area is 162 Å². The lowest BCUT2D eigenvalue weighted by Gasteiger charge is -2.23. The summed E-state index contributed by atoms with van der Waals surface area (Å²) in [5.41, 5.74) is 0. The molecule has 1 aromatic carbocycles. The molecular weight excluding hydrogens is 391 g/mol. The predicted molar refractivity (Wildman–Crippen MR) is 101 cm³/mol. The molecular formula is C18H21FN2O4S2. The van der Waals surface area contributed by atoms with E-state index in [-0.39, 0.29) is 12.5 Å². The predicted octanol–water partition coefficient (Wildman–Crippen LogP) is 2.62. The third kappa shape index (κ3) is 4.72. The van der Waals surface area contributed by atoms with Crippen LogP contribution in [0, 0.1) is 5.82 Å². The monoisotopic (exact) mass is 412 g/mol. The molecule has 2 aromatic rings. The first-order valence-corrected chi connectivity index (χ1v) is 11.2. The van der Waals surface area contributed by atoms with Gasteiger partial charge in [0.05, 0.1) is 12.0 Å². The molecule has 0 bridgehead atoms. The SMILES string of the molecule is O=C(NCCSCc1ccco1)[C@@H]1CCCN1S(=O)(=O)c1ccccc1F. The van der Waals surface area contributed by atoms with Crippen LogP contribution in [0.4, 0.5) is 4.39 Å². The van der Waals surface area contributed by atoms with Crippen LogP contribution in [0.3, 0.4) is 0 Å². The number of carbonyl (C=O) groups is 1. The van der Waals surface area contributed by atoms with E-state index in [9.17, 15) is 17.6 Å². The zero-order chi connectivity index (χ0) is 19.3. The van der Waals surface area contributed by atoms with Gasteiger partial charge in [-0.1, -0.05) is 12.1 Å². The number of furan rings is 1. The molecule has 0 aliphatic carbocycles. The first kappa shape index (κ1) is 19.9. The van der Waals surface area contributed by atoms with E-state index in [4.69, 9.17) is 4.42 Å². The summed E-state index contributed by atoms with van der Waals surface area (Å²) in [6, 6.07) is 8.14. The van der Waals surface area contributed by atoms with Crippen LogP contribution in [-0.4, -0.2) is 43.5 Å². The number of hydrogen-bond donors (Lipinski definition) is 1. The first-order chi connectivity index (χ1) is 13.0. The summed E-state index contributed by atoms with van der Waals surface area (Å²) in [6.45, 7) is 0.635. The molecule has 9 heteroatoms. The molecule has 1 aliphatic rings. The van der Waals surface area contributed by atoms with Crippen molar-refractivity contribution in [3.05, 3.63) is 54.2 Å². The van der Waals surface area contributed by atoms with Crippen LogP contribution in [-0.2, 0) is 20.6 Å². The summed E-state index contributed by atoms with van der Waals surface area (Å²) in [5.74, 6) is 1.10. The maximum absolute atomic E-state index is 14.0. The van der Waals surface area contributed by atoms with Crippen LogP contribution >= 0.6 is 11.8 Å². The molecule has 0 saturated carbocycles. The number of thioether (sulfide) groups is 1. The van der Waals surface area contributed by atoms with Gasteiger partial charge in [0.2, 0.25) is 15.9 Å². The van der Waals surface area contributed by atoms with Gasteiger partial charge in [0.15, 0.2) is 0 Å². The highest BCUT2D eigenvalue weighted by atomic mass is 32.2. The molecule has 1 N–H and O–H groups in total. The highest BCUT2D eigenvalue weighted by molar-refractivity contribution is 7.98. The van der Waals surface area contributed by atoms with Crippen molar-refractivity contribution < 1.29 is 22.0 Å². The summed E-state index contributed by atoms with van der Waals surface area (Å²) in [7, 11) is -4.05. The quantitative estimate of drug-likeness (QED) is 0.675. The van der Waals surface area contributed by atoms with Gasteiger partial charge < -0.3 is 9.73 Å². The van der Waals surface area contributed by atoms with Gasteiger partial charge in [-0.3, -0.25) is 4.79 Å². The zero-order valence-electron chi connectivity index (χ0n) is 14.6. The van der Waals surface area contributed by atoms with E-state index in [0.29, 0.717) is 30.9 Å². The Morgan fingerprint density at radius 3 is 2.85 bits per heavy atom. The van der Waals surface area contributed by atoms with Crippen molar-refractivity contribution in [2.75, 3.05) is 18.8 Å². The Bertz CT molecular complexity index is 871. The fourth-order valence-electron chi connectivity index (χ4n) is 3.00. The Hall–Kier alpha value is -1.84. The van der Waals surface area contributed by atoms with Crippen LogP contribution in [0.25, 0.3) is 0 Å². The number of carbonyl (C=O) groups excluding carboxylic acids is 1. The van der Waals surface area contributed by atoms with Crippen LogP contribution in [0.1, 0.15) is 18.6 Å². The van der Waals surface area contributed by atoms with Crippen LogP contribution in [0.15, 0.2) is 52.0 Å². The number of amides is 1. The summed E-state index contributed by atoms with van der Waals surface area (Å²) in [4.78, 5) is 12.1. The molecule has 1 aromatic heterocycles. The van der Waals surface area contributed by atoms with E-state index in [1.807, 2.05) is 12.1 Å². The Kier molecular flexibility index (Phi) is 6.56. The highest BCUT2D eigenvalue weighted by Crippen LogP contribution is 2.27. The second-order valence-corrected chi connectivity index (χ2v) is 9.09. The molecule has 0 spiro atoms. The van der Waals surface area contributed by atoms with Crippen molar-refractivity contribution in [1.82, 2.24) is 9.62 Å². The number of nitrogens with zero attached hydrogens (tertiary/aromatic N) is 1. The second kappa shape index (κ2) is 8.90. The van der Waals surface area contributed by atoms with E-state index < -0.39 is 26.8 Å². The lowest BCUT2D eigenvalue weighted by atomic mass is 10.2. The minimum absolute atomic E-state index is 0.210. The van der Waals surface area contributed by atoms with Gasteiger partial charge in [0.1, 0.15) is 22.5 Å². The van der Waals surface area contributed by atoms with Crippen molar-refractivity contribution in [2.24, 2.45) is 0 Å². The lowest BCUT2D eigenvalue weighted by Crippen LogP contribution is -2.46. The standard InChI is InChI=1S/C18H21FN2O4S2/c19-15-6-1-2-8-17(15)27(23,24)21-10-3-7-16(21)18(22)20-9-12-26-13-14-5-4-11-25-14/h1-2,4-6,8,11,16H,3,7,9-10,12-13H2,(H,20,22)/t16-/m0/s1. The molecule has 1 aliphatic heterocycles. The molecule has 1 saturated heterocycles. The van der Waals surface area contributed by atoms with Crippen LogP contribution < -0.4 is 5.32 Å². The minimum atomic E-state index is -4.05. The van der Waals surface area contributed by atoms with Crippen molar-refractivity contribution >= 4 is 27.7 Å². The molecule has 27 heavy (non-hydrogen) atoms. The van der Waals surface area contributed by atoms with Gasteiger partial charge in [-0.25, -0.2) is 12.8 Å². The van der Waals surface area contributed by atoms with E-state index >= 15 is 0 Å². The third-order valence-electron chi connectivity index (χ3n) is 4.30. The van der Waals surface area contributed by atoms with Gasteiger partial charge in [0.25, 0.3) is 0 Å². The average Bonchev–Trinajstić information content (AvgIpc) is 3.33. The van der Waals surface area contributed by atoms with Crippen molar-refractivity contribution in [1.29, 1.82) is 0 Å². The molecule has 2 heterocycles. The Morgan fingerprint density at radius 2 is 2.11 bits per heavy atom. The number of halogens is 1. The molecule has 1 amide bonds. The number of nitrogens with one attached hydrogen (secondary N) is 1. The molecule has 1 fully saturated rings. The van der Waals surface area contributed by atoms with Crippen molar-refractivity contribution in [3.63, 3.8) is 0 Å². The van der Waals surface area contributed by atoms with E-state index in [1.54, 1.807) is 18.0 Å². The van der Waals surface area contributed by atoms with Gasteiger partial charge in [-0.05, 0) is 37.1 Å². The summed E-state index contributed by atoms with van der Waals surface area (Å²) in [5, 5.41) is 2.78. The Balaban J connectivity index is 1.55. The van der Waals surface area contributed by atoms with E-state index in [2.05, 4.69) is 5.32 Å². The molecule has 3 rings (SSSR count). The number of benzene rings is 1. The highest BCUT2D eigenvalue weighted by Gasteiger charge is 2.40. The normalized spacial score (nSPS) is 17.9. The number of sulfonamides is 1. The largest absolute Gasteiger partial charge is 0.468 e. The van der Waals surface area contributed by atoms with Crippen LogP contribution in [0.5, 0.6) is 0 Å². The topological polar surface area (TPSA) is 79.6 Å². The molecule has 0 unspecified atom stereocenters. The maximum atomic E-state index is 14.0. The first-order valence-electron chi connectivity index (χ1n) is 8.64. The fourth-order valence-corrected chi connectivity index (χ4v) is 5.48. The van der Waals surface area contributed by atoms with E-state index in [1.165, 1.54) is 18.2 Å². The average molecular weight is 413 g/mol. The van der Waals surface area contributed by atoms with Crippen molar-refractivity contribution in [2.45, 2.75) is 29.5 Å². The van der Waals surface area contributed by atoms with Gasteiger partial charge in [-0.2, -0.15) is 16.1 Å². The van der Waals surface area contributed by atoms with Gasteiger partial charge >= 0.3 is 0 Å². The molecule has 6 nitrogen and oxygen atoms in total. The van der Waals surface area contributed by atoms with Crippen LogP contribution in [0.2, 0.25) is 0 Å². The summed E-state index contributed by atoms with van der Waals surface area (Å²) < 4.78 is 45.8. The van der Waals surface area contributed by atoms with E-state index in [0.717, 1.165) is 16.1 Å². The molecule has 146 valence electrons. The smallest absolute Gasteiger partial charge is 0.246 e. The second-order valence-electron chi connectivity index (χ2n) is 6.13. The fraction of sp³-hybridized carbons (Fsp3) is 0.389. The third-order valence-corrected chi connectivity index (χ3v) is 7.22. The zero-order valence-corrected chi connectivity index (χ0v) is 16.3. The molecule has 0 radical (unpaired) electrons. The number of rotatable bonds is 8. The summed E-state index contributed by atoms with van der Waals surface area (Å²) in [6.07, 6.45) is 2.61.